The highest BCUT2D eigenvalue weighted by Crippen LogP contribution is 2.38. The summed E-state index contributed by atoms with van der Waals surface area (Å²) in [6, 6.07) is 16.6. The molecule has 0 unspecified atom stereocenters. The van der Waals surface area contributed by atoms with Crippen molar-refractivity contribution in [3.63, 3.8) is 0 Å². The normalized spacial score (nSPS) is 11.8. The highest BCUT2D eigenvalue weighted by molar-refractivity contribution is 7.92. The number of halogens is 4. The number of hydrogen-bond acceptors (Lipinski definition) is 3. The van der Waals surface area contributed by atoms with Crippen molar-refractivity contribution in [3.05, 3.63) is 88.9 Å². The number of nitrogens with zero attached hydrogens (tertiary/aromatic N) is 1. The first-order valence-electron chi connectivity index (χ1n) is 9.29. The summed E-state index contributed by atoms with van der Waals surface area (Å²) in [5.41, 5.74) is -0.171. The minimum atomic E-state index is -4.81. The molecule has 0 bridgehead atoms. The van der Waals surface area contributed by atoms with Gasteiger partial charge in [0.05, 0.1) is 21.2 Å². The molecule has 3 aromatic rings. The zero-order chi connectivity index (χ0) is 23.5. The quantitative estimate of drug-likeness (QED) is 0.504. The van der Waals surface area contributed by atoms with Crippen LogP contribution >= 0.6 is 11.6 Å². The summed E-state index contributed by atoms with van der Waals surface area (Å²) in [5, 5.41) is 1.97. The van der Waals surface area contributed by atoms with Crippen LogP contribution in [0.25, 0.3) is 0 Å². The van der Waals surface area contributed by atoms with E-state index in [1.807, 2.05) is 6.92 Å². The van der Waals surface area contributed by atoms with E-state index in [2.05, 4.69) is 5.32 Å². The van der Waals surface area contributed by atoms with E-state index in [9.17, 15) is 26.4 Å². The minimum Gasteiger partial charge on any atom is -0.325 e. The third-order valence-electron chi connectivity index (χ3n) is 4.50. The van der Waals surface area contributed by atoms with Crippen LogP contribution in [0.2, 0.25) is 5.02 Å². The van der Waals surface area contributed by atoms with E-state index in [1.165, 1.54) is 24.3 Å². The van der Waals surface area contributed by atoms with E-state index < -0.39 is 39.2 Å². The van der Waals surface area contributed by atoms with Gasteiger partial charge in [0, 0.05) is 5.69 Å². The number of hydrogen-bond donors (Lipinski definition) is 1. The predicted octanol–water partition coefficient (Wildman–Crippen LogP) is 5.50. The van der Waals surface area contributed by atoms with Gasteiger partial charge in [-0.3, -0.25) is 9.10 Å². The summed E-state index contributed by atoms with van der Waals surface area (Å²) in [7, 11) is -4.36. The van der Waals surface area contributed by atoms with Crippen molar-refractivity contribution in [2.45, 2.75) is 18.0 Å². The van der Waals surface area contributed by atoms with Crippen LogP contribution in [0, 0.1) is 6.92 Å². The SMILES string of the molecule is Cc1ccc(NC(=O)CN(c2ccc(Cl)c(C(F)(F)F)c2)S(=O)(=O)c2ccccc2)cc1. The Kier molecular flexibility index (Phi) is 6.80. The van der Waals surface area contributed by atoms with Gasteiger partial charge in [-0.15, -0.1) is 0 Å². The number of carbonyl (C=O) groups is 1. The molecular weight excluding hydrogens is 465 g/mol. The van der Waals surface area contributed by atoms with Gasteiger partial charge in [-0.1, -0.05) is 47.5 Å². The van der Waals surface area contributed by atoms with Gasteiger partial charge in [0.15, 0.2) is 0 Å². The zero-order valence-electron chi connectivity index (χ0n) is 16.7. The van der Waals surface area contributed by atoms with Gasteiger partial charge in [-0.2, -0.15) is 13.2 Å². The summed E-state index contributed by atoms with van der Waals surface area (Å²) in [5.74, 6) is -0.725. The van der Waals surface area contributed by atoms with Crippen LogP contribution in [-0.2, 0) is 21.0 Å². The second kappa shape index (κ2) is 9.22. The third-order valence-corrected chi connectivity index (χ3v) is 6.61. The number of benzene rings is 3. The standard InChI is InChI=1S/C22H18ClF3N2O3S/c1-15-7-9-16(10-8-15)27-21(29)14-28(32(30,31)18-5-3-2-4-6-18)17-11-12-20(23)19(13-17)22(24,25)26/h2-13H,14H2,1H3,(H,27,29). The van der Waals surface area contributed by atoms with E-state index in [0.717, 1.165) is 17.7 Å². The monoisotopic (exact) mass is 482 g/mol. The molecule has 3 rings (SSSR count). The topological polar surface area (TPSA) is 66.5 Å². The maximum absolute atomic E-state index is 13.4. The van der Waals surface area contributed by atoms with Crippen molar-refractivity contribution in [3.8, 4) is 0 Å². The highest BCUT2D eigenvalue weighted by Gasteiger charge is 2.35. The Balaban J connectivity index is 2.02. The number of sulfonamides is 1. The van der Waals surface area contributed by atoms with Crippen molar-refractivity contribution in [1.82, 2.24) is 0 Å². The minimum absolute atomic E-state index is 0.174. The van der Waals surface area contributed by atoms with Crippen LogP contribution in [0.5, 0.6) is 0 Å². The Hall–Kier alpha value is -3.04. The molecule has 0 aromatic heterocycles. The number of nitrogens with one attached hydrogen (secondary N) is 1. The van der Waals surface area contributed by atoms with Gasteiger partial charge in [-0.25, -0.2) is 8.42 Å². The number of anilines is 2. The van der Waals surface area contributed by atoms with Crippen molar-refractivity contribution in [2.75, 3.05) is 16.2 Å². The lowest BCUT2D eigenvalue weighted by molar-refractivity contribution is -0.137. The summed E-state index contributed by atoms with van der Waals surface area (Å²) >= 11 is 5.68. The number of aryl methyl sites for hydroxylation is 1. The van der Waals surface area contributed by atoms with Crippen LogP contribution < -0.4 is 9.62 Å². The average molecular weight is 483 g/mol. The second-order valence-corrected chi connectivity index (χ2v) is 9.17. The molecule has 0 aliphatic carbocycles. The largest absolute Gasteiger partial charge is 0.417 e. The van der Waals surface area contributed by atoms with Gasteiger partial charge >= 0.3 is 6.18 Å². The number of rotatable bonds is 6. The van der Waals surface area contributed by atoms with E-state index in [-0.39, 0.29) is 10.6 Å². The van der Waals surface area contributed by atoms with E-state index in [4.69, 9.17) is 11.6 Å². The molecule has 168 valence electrons. The Morgan fingerprint density at radius 3 is 2.22 bits per heavy atom. The third kappa shape index (κ3) is 5.41. The summed E-state index contributed by atoms with van der Waals surface area (Å²) < 4.78 is 67.2. The van der Waals surface area contributed by atoms with Gasteiger partial charge in [0.2, 0.25) is 5.91 Å². The first kappa shape index (κ1) is 23.6. The molecule has 32 heavy (non-hydrogen) atoms. The molecule has 0 radical (unpaired) electrons. The first-order chi connectivity index (χ1) is 15.0. The van der Waals surface area contributed by atoms with Gasteiger partial charge in [-0.05, 0) is 49.4 Å². The van der Waals surface area contributed by atoms with Crippen LogP contribution in [0.4, 0.5) is 24.5 Å². The molecule has 0 spiro atoms. The predicted molar refractivity (Wildman–Crippen MR) is 117 cm³/mol. The molecule has 5 nitrogen and oxygen atoms in total. The highest BCUT2D eigenvalue weighted by atomic mass is 35.5. The molecule has 0 saturated heterocycles. The smallest absolute Gasteiger partial charge is 0.325 e. The van der Waals surface area contributed by atoms with Crippen LogP contribution in [0.15, 0.2) is 77.7 Å². The molecule has 0 saturated carbocycles. The molecule has 0 atom stereocenters. The first-order valence-corrected chi connectivity index (χ1v) is 11.1. The zero-order valence-corrected chi connectivity index (χ0v) is 18.3. The van der Waals surface area contributed by atoms with Crippen LogP contribution in [-0.4, -0.2) is 20.9 Å². The maximum Gasteiger partial charge on any atom is 0.417 e. The molecule has 10 heteroatoms. The fourth-order valence-electron chi connectivity index (χ4n) is 2.89. The lowest BCUT2D eigenvalue weighted by Crippen LogP contribution is -2.38. The molecule has 0 aliphatic rings. The molecule has 1 amide bonds. The number of amides is 1. The van der Waals surface area contributed by atoms with E-state index in [1.54, 1.807) is 30.3 Å². The molecule has 1 N–H and O–H groups in total. The van der Waals surface area contributed by atoms with Crippen molar-refractivity contribution in [1.29, 1.82) is 0 Å². The van der Waals surface area contributed by atoms with E-state index >= 15 is 0 Å². The molecule has 0 fully saturated rings. The molecule has 0 heterocycles. The van der Waals surface area contributed by atoms with Gasteiger partial charge in [0.1, 0.15) is 6.54 Å². The fourth-order valence-corrected chi connectivity index (χ4v) is 4.55. The van der Waals surface area contributed by atoms with Crippen molar-refractivity contribution >= 4 is 38.9 Å². The number of carbonyl (C=O) groups excluding carboxylic acids is 1. The lowest BCUT2D eigenvalue weighted by atomic mass is 10.2. The molecule has 3 aromatic carbocycles. The number of alkyl halides is 3. The molecule has 0 aliphatic heterocycles. The second-order valence-electron chi connectivity index (χ2n) is 6.90. The maximum atomic E-state index is 13.4. The van der Waals surface area contributed by atoms with Crippen molar-refractivity contribution in [2.24, 2.45) is 0 Å². The summed E-state index contributed by atoms with van der Waals surface area (Å²) in [6.07, 6.45) is -4.81. The summed E-state index contributed by atoms with van der Waals surface area (Å²) in [6.45, 7) is 1.11. The van der Waals surface area contributed by atoms with Crippen LogP contribution in [0.1, 0.15) is 11.1 Å². The Labute approximate surface area is 188 Å². The lowest BCUT2D eigenvalue weighted by Gasteiger charge is -2.25. The van der Waals surface area contributed by atoms with Crippen molar-refractivity contribution < 1.29 is 26.4 Å². The van der Waals surface area contributed by atoms with Gasteiger partial charge in [0.25, 0.3) is 10.0 Å². The average Bonchev–Trinajstić information content (AvgIpc) is 2.74. The Morgan fingerprint density at radius 2 is 1.62 bits per heavy atom. The fraction of sp³-hybridized carbons (Fsp3) is 0.136. The Bertz CT molecular complexity index is 1220. The van der Waals surface area contributed by atoms with E-state index in [0.29, 0.717) is 16.1 Å². The van der Waals surface area contributed by atoms with Crippen LogP contribution in [0.3, 0.4) is 0 Å². The Morgan fingerprint density at radius 1 is 1.00 bits per heavy atom. The summed E-state index contributed by atoms with van der Waals surface area (Å²) in [4.78, 5) is 12.5. The van der Waals surface area contributed by atoms with Gasteiger partial charge < -0.3 is 5.32 Å². The molecular formula is C22H18ClF3N2O3S.